The average Bonchev–Trinajstić information content (AvgIpc) is 3.88. The first-order valence-corrected chi connectivity index (χ1v) is 22.2. The fourth-order valence-corrected chi connectivity index (χ4v) is 10.4. The zero-order valence-electron chi connectivity index (χ0n) is 35.3. The highest BCUT2D eigenvalue weighted by Crippen LogP contribution is 2.65. The quantitative estimate of drug-likeness (QED) is 0.160. The zero-order valence-corrected chi connectivity index (χ0v) is 35.3. The van der Waals surface area contributed by atoms with Crippen LogP contribution in [-0.2, 0) is 5.41 Å². The van der Waals surface area contributed by atoms with Crippen molar-refractivity contribution < 1.29 is 9.15 Å². The second kappa shape index (κ2) is 14.8. The van der Waals surface area contributed by atoms with Crippen LogP contribution in [0, 0.1) is 0 Å². The van der Waals surface area contributed by atoms with Gasteiger partial charge in [0.05, 0.1) is 5.39 Å². The number of fused-ring (bicyclic) bond motifs is 12. The van der Waals surface area contributed by atoms with Gasteiger partial charge in [-0.15, -0.1) is 0 Å². The highest BCUT2D eigenvalue weighted by molar-refractivity contribution is 5.97. The first-order valence-electron chi connectivity index (χ1n) is 22.2. The standard InChI is InChI=1S/C61H40N2O2/c1-4-16-41(17-5-1)43-28-31-47(32-29-43)63(48-33-30-42-18-10-11-19-44(42)38-48)50-35-37-52-51-36-34-49(62(45-20-6-2-7-21-45)46-22-8-3-9-23-46)39-55(51)61(56(52)40-50)54-25-13-15-27-58(54)64-59-53-24-12-14-26-57(53)65-60(59)61/h1-40H. The lowest BCUT2D eigenvalue weighted by molar-refractivity contribution is 0.389. The third-order valence-corrected chi connectivity index (χ3v) is 13.3. The smallest absolute Gasteiger partial charge is 0.178 e. The van der Waals surface area contributed by atoms with Crippen molar-refractivity contribution >= 4 is 55.9 Å². The van der Waals surface area contributed by atoms with Crippen molar-refractivity contribution in [2.75, 3.05) is 9.80 Å². The van der Waals surface area contributed by atoms with Crippen molar-refractivity contribution in [3.8, 4) is 33.8 Å². The van der Waals surface area contributed by atoms with Crippen LogP contribution in [0.5, 0.6) is 11.5 Å². The Morgan fingerprint density at radius 2 is 0.831 bits per heavy atom. The summed E-state index contributed by atoms with van der Waals surface area (Å²) in [5.41, 5.74) is 14.3. The molecule has 1 spiro atoms. The molecule has 4 heteroatoms. The molecule has 0 amide bonds. The van der Waals surface area contributed by atoms with Gasteiger partial charge in [0.1, 0.15) is 16.7 Å². The molecule has 0 bridgehead atoms. The normalized spacial score (nSPS) is 14.3. The number of furan rings is 1. The van der Waals surface area contributed by atoms with Crippen LogP contribution in [0.1, 0.15) is 22.5 Å². The molecule has 13 rings (SSSR count). The summed E-state index contributed by atoms with van der Waals surface area (Å²) in [7, 11) is 0. The Morgan fingerprint density at radius 1 is 0.338 bits per heavy atom. The molecule has 1 aliphatic carbocycles. The fraction of sp³-hybridized carbons (Fsp3) is 0.0164. The molecule has 1 atom stereocenters. The van der Waals surface area contributed by atoms with Gasteiger partial charge in [-0.05, 0) is 135 Å². The number of ether oxygens (including phenoxy) is 1. The molecule has 1 aliphatic heterocycles. The maximum atomic E-state index is 7.19. The number of para-hydroxylation sites is 4. The van der Waals surface area contributed by atoms with Gasteiger partial charge in [0, 0.05) is 39.7 Å². The minimum atomic E-state index is -0.884. The summed E-state index contributed by atoms with van der Waals surface area (Å²) in [6.45, 7) is 0. The summed E-state index contributed by atoms with van der Waals surface area (Å²) in [6, 6.07) is 86.8. The summed E-state index contributed by atoms with van der Waals surface area (Å²) < 4.78 is 14.1. The number of hydrogen-bond acceptors (Lipinski definition) is 4. The van der Waals surface area contributed by atoms with E-state index in [1.54, 1.807) is 0 Å². The van der Waals surface area contributed by atoms with Crippen LogP contribution < -0.4 is 14.5 Å². The number of nitrogens with zero attached hydrogens (tertiary/aromatic N) is 2. The molecule has 4 nitrogen and oxygen atoms in total. The van der Waals surface area contributed by atoms with Crippen LogP contribution >= 0.6 is 0 Å². The Balaban J connectivity index is 1.08. The summed E-state index contributed by atoms with van der Waals surface area (Å²) in [5.74, 6) is 2.34. The zero-order chi connectivity index (χ0) is 42.9. The lowest BCUT2D eigenvalue weighted by atomic mass is 9.68. The van der Waals surface area contributed by atoms with Crippen LogP contribution in [-0.4, -0.2) is 0 Å². The number of benzene rings is 10. The Hall–Kier alpha value is -8.60. The van der Waals surface area contributed by atoms with E-state index in [-0.39, 0.29) is 0 Å². The predicted octanol–water partition coefficient (Wildman–Crippen LogP) is 16.7. The van der Waals surface area contributed by atoms with Gasteiger partial charge >= 0.3 is 0 Å². The van der Waals surface area contributed by atoms with E-state index in [1.807, 2.05) is 12.1 Å². The van der Waals surface area contributed by atoms with Gasteiger partial charge in [0.2, 0.25) is 0 Å². The molecule has 1 unspecified atom stereocenters. The molecule has 2 heterocycles. The second-order valence-electron chi connectivity index (χ2n) is 16.9. The molecule has 2 aliphatic rings. The largest absolute Gasteiger partial charge is 0.455 e. The lowest BCUT2D eigenvalue weighted by Gasteiger charge is -2.37. The Morgan fingerprint density at radius 3 is 1.52 bits per heavy atom. The summed E-state index contributed by atoms with van der Waals surface area (Å²) in [5, 5.41) is 3.33. The van der Waals surface area contributed by atoms with Crippen molar-refractivity contribution in [1.29, 1.82) is 0 Å². The van der Waals surface area contributed by atoms with Gasteiger partial charge in [0.25, 0.3) is 0 Å². The van der Waals surface area contributed by atoms with Crippen LogP contribution in [0.25, 0.3) is 44.0 Å². The predicted molar refractivity (Wildman–Crippen MR) is 266 cm³/mol. The molecule has 0 fully saturated rings. The van der Waals surface area contributed by atoms with Crippen molar-refractivity contribution in [1.82, 2.24) is 0 Å². The highest BCUT2D eigenvalue weighted by Gasteiger charge is 2.55. The van der Waals surface area contributed by atoms with E-state index in [4.69, 9.17) is 9.15 Å². The molecule has 65 heavy (non-hydrogen) atoms. The van der Waals surface area contributed by atoms with Crippen LogP contribution in [0.3, 0.4) is 0 Å². The van der Waals surface area contributed by atoms with Gasteiger partial charge in [-0.25, -0.2) is 0 Å². The maximum Gasteiger partial charge on any atom is 0.178 e. The molecule has 10 aromatic carbocycles. The van der Waals surface area contributed by atoms with E-state index in [1.165, 1.54) is 21.9 Å². The number of rotatable bonds is 7. The van der Waals surface area contributed by atoms with E-state index in [9.17, 15) is 0 Å². The van der Waals surface area contributed by atoms with Gasteiger partial charge in [-0.2, -0.15) is 0 Å². The van der Waals surface area contributed by atoms with E-state index in [0.717, 1.165) is 90.2 Å². The van der Waals surface area contributed by atoms with Crippen molar-refractivity contribution in [3.05, 3.63) is 265 Å². The van der Waals surface area contributed by atoms with Crippen molar-refractivity contribution in [3.63, 3.8) is 0 Å². The molecule has 0 saturated heterocycles. The second-order valence-corrected chi connectivity index (χ2v) is 16.9. The molecule has 1 aromatic heterocycles. The summed E-state index contributed by atoms with van der Waals surface area (Å²) in [6.07, 6.45) is 0. The summed E-state index contributed by atoms with van der Waals surface area (Å²) >= 11 is 0. The number of anilines is 6. The molecule has 0 saturated carbocycles. The third-order valence-electron chi connectivity index (χ3n) is 13.3. The minimum absolute atomic E-state index is 0.750. The fourth-order valence-electron chi connectivity index (χ4n) is 10.4. The van der Waals surface area contributed by atoms with Crippen molar-refractivity contribution in [2.45, 2.75) is 5.41 Å². The third kappa shape index (κ3) is 5.77. The van der Waals surface area contributed by atoms with E-state index >= 15 is 0 Å². The van der Waals surface area contributed by atoms with Crippen LogP contribution in [0.4, 0.5) is 34.1 Å². The number of hydrogen-bond donors (Lipinski definition) is 0. The van der Waals surface area contributed by atoms with Crippen molar-refractivity contribution in [2.24, 2.45) is 0 Å². The molecular weight excluding hydrogens is 793 g/mol. The first kappa shape index (κ1) is 37.0. The van der Waals surface area contributed by atoms with E-state index in [2.05, 4.69) is 240 Å². The average molecular weight is 833 g/mol. The summed E-state index contributed by atoms with van der Waals surface area (Å²) in [4.78, 5) is 4.73. The minimum Gasteiger partial charge on any atom is -0.455 e. The lowest BCUT2D eigenvalue weighted by Crippen LogP contribution is -2.31. The Labute approximate surface area is 377 Å². The van der Waals surface area contributed by atoms with Gasteiger partial charge in [0.15, 0.2) is 11.5 Å². The van der Waals surface area contributed by atoms with Gasteiger partial charge in [-0.1, -0.05) is 152 Å². The molecule has 11 aromatic rings. The van der Waals surface area contributed by atoms with E-state index in [0.29, 0.717) is 0 Å². The molecule has 0 radical (unpaired) electrons. The topological polar surface area (TPSA) is 28.9 Å². The SMILES string of the molecule is c1ccc(-c2ccc(N(c3ccc4c(c3)C3(c5ccccc5Oc5c3oc3ccccc53)c3cc(N(c5ccccc5)c5ccccc5)ccc3-4)c3ccc4ccccc4c3)cc2)cc1. The molecule has 0 N–H and O–H groups in total. The van der Waals surface area contributed by atoms with Gasteiger partial charge < -0.3 is 19.0 Å². The maximum absolute atomic E-state index is 7.19. The van der Waals surface area contributed by atoms with Crippen LogP contribution in [0.15, 0.2) is 247 Å². The Kier molecular flexibility index (Phi) is 8.40. The molecular formula is C61H40N2O2. The Bertz CT molecular complexity index is 3540. The van der Waals surface area contributed by atoms with Gasteiger partial charge in [-0.3, -0.25) is 0 Å². The highest BCUT2D eigenvalue weighted by atomic mass is 16.5. The first-order chi connectivity index (χ1) is 32.2. The van der Waals surface area contributed by atoms with Crippen LogP contribution in [0.2, 0.25) is 0 Å². The molecule has 306 valence electrons. The monoisotopic (exact) mass is 832 g/mol. The van der Waals surface area contributed by atoms with E-state index < -0.39 is 5.41 Å².